The lowest BCUT2D eigenvalue weighted by molar-refractivity contribution is 0.0530. The number of halogens is 1. The highest BCUT2D eigenvalue weighted by molar-refractivity contribution is 7.23. The quantitative estimate of drug-likeness (QED) is 0.224. The maximum atomic E-state index is 12.5. The largest absolute Gasteiger partial charge is 0.489 e. The Morgan fingerprint density at radius 2 is 1.77 bits per heavy atom. The number of hydrogen-bond acceptors (Lipinski definition) is 5. The van der Waals surface area contributed by atoms with Crippen LogP contribution in [0.25, 0.3) is 10.1 Å². The SMILES string of the molecule is CCOC(=O)c1c(N=Cc2ccc(OCc3ccccc3Cl)cc2)sc2ccccc12. The van der Waals surface area contributed by atoms with Crippen LogP contribution in [-0.2, 0) is 11.3 Å². The molecule has 156 valence electrons. The van der Waals surface area contributed by atoms with Gasteiger partial charge in [0.2, 0.25) is 0 Å². The molecule has 0 N–H and O–H groups in total. The predicted molar refractivity (Wildman–Crippen MR) is 127 cm³/mol. The maximum absolute atomic E-state index is 12.5. The molecule has 0 bridgehead atoms. The van der Waals surface area contributed by atoms with E-state index in [9.17, 15) is 4.79 Å². The first-order valence-electron chi connectivity index (χ1n) is 9.84. The molecule has 0 aliphatic heterocycles. The zero-order valence-electron chi connectivity index (χ0n) is 16.9. The van der Waals surface area contributed by atoms with Crippen molar-refractivity contribution in [2.45, 2.75) is 13.5 Å². The summed E-state index contributed by atoms with van der Waals surface area (Å²) >= 11 is 7.64. The number of esters is 1. The summed E-state index contributed by atoms with van der Waals surface area (Å²) in [6.45, 7) is 2.52. The molecule has 4 aromatic rings. The number of benzene rings is 3. The van der Waals surface area contributed by atoms with Crippen molar-refractivity contribution in [3.8, 4) is 5.75 Å². The first-order chi connectivity index (χ1) is 15.2. The van der Waals surface area contributed by atoms with Crippen LogP contribution in [0, 0.1) is 0 Å². The summed E-state index contributed by atoms with van der Waals surface area (Å²) in [5.41, 5.74) is 2.35. The molecule has 0 aliphatic rings. The minimum Gasteiger partial charge on any atom is -0.489 e. The number of nitrogens with zero attached hydrogens (tertiary/aromatic N) is 1. The van der Waals surface area contributed by atoms with E-state index < -0.39 is 0 Å². The standard InChI is InChI=1S/C25H20ClNO3S/c1-2-29-25(28)23-20-8-4-6-10-22(20)31-24(23)27-15-17-11-13-19(14-12-17)30-16-18-7-3-5-9-21(18)26/h3-15H,2,16H2,1H3. The van der Waals surface area contributed by atoms with E-state index in [0.29, 0.717) is 28.8 Å². The summed E-state index contributed by atoms with van der Waals surface area (Å²) in [6.07, 6.45) is 1.74. The Morgan fingerprint density at radius 1 is 1.03 bits per heavy atom. The van der Waals surface area contributed by atoms with Gasteiger partial charge in [-0.1, -0.05) is 48.0 Å². The maximum Gasteiger partial charge on any atom is 0.341 e. The smallest absolute Gasteiger partial charge is 0.341 e. The minimum absolute atomic E-state index is 0.321. The number of carbonyl (C=O) groups is 1. The fourth-order valence-corrected chi connectivity index (χ4v) is 4.31. The van der Waals surface area contributed by atoms with Gasteiger partial charge in [0.25, 0.3) is 0 Å². The number of carbonyl (C=O) groups excluding carboxylic acids is 1. The molecular weight excluding hydrogens is 430 g/mol. The van der Waals surface area contributed by atoms with Crippen LogP contribution in [-0.4, -0.2) is 18.8 Å². The van der Waals surface area contributed by atoms with Crippen LogP contribution in [0.2, 0.25) is 5.02 Å². The molecule has 6 heteroatoms. The number of ether oxygens (including phenoxy) is 2. The normalized spacial score (nSPS) is 11.2. The van der Waals surface area contributed by atoms with Crippen molar-refractivity contribution in [3.63, 3.8) is 0 Å². The van der Waals surface area contributed by atoms with E-state index in [-0.39, 0.29) is 5.97 Å². The lowest BCUT2D eigenvalue weighted by Crippen LogP contribution is -2.03. The minimum atomic E-state index is -0.351. The number of fused-ring (bicyclic) bond motifs is 1. The highest BCUT2D eigenvalue weighted by Gasteiger charge is 2.19. The second-order valence-electron chi connectivity index (χ2n) is 6.71. The Kier molecular flexibility index (Phi) is 6.65. The van der Waals surface area contributed by atoms with Crippen LogP contribution < -0.4 is 4.74 Å². The molecule has 0 fully saturated rings. The van der Waals surface area contributed by atoms with Crippen LogP contribution in [0.1, 0.15) is 28.4 Å². The molecule has 3 aromatic carbocycles. The van der Waals surface area contributed by atoms with Crippen LogP contribution in [0.3, 0.4) is 0 Å². The van der Waals surface area contributed by atoms with Crippen molar-refractivity contribution in [2.75, 3.05) is 6.61 Å². The average Bonchev–Trinajstić information content (AvgIpc) is 3.16. The van der Waals surface area contributed by atoms with Crippen LogP contribution in [0.4, 0.5) is 5.00 Å². The molecule has 0 radical (unpaired) electrons. The summed E-state index contributed by atoms with van der Waals surface area (Å²) in [5.74, 6) is 0.390. The third-order valence-corrected chi connectivity index (χ3v) is 6.07. The zero-order valence-corrected chi connectivity index (χ0v) is 18.5. The van der Waals surface area contributed by atoms with Crippen LogP contribution in [0.15, 0.2) is 77.8 Å². The zero-order chi connectivity index (χ0) is 21.6. The average molecular weight is 450 g/mol. The van der Waals surface area contributed by atoms with Crippen molar-refractivity contribution in [1.29, 1.82) is 0 Å². The third-order valence-electron chi connectivity index (χ3n) is 4.62. The van der Waals surface area contributed by atoms with Gasteiger partial charge in [-0.15, -0.1) is 11.3 Å². The van der Waals surface area contributed by atoms with E-state index in [1.54, 1.807) is 13.1 Å². The van der Waals surface area contributed by atoms with Gasteiger partial charge in [0, 0.05) is 26.9 Å². The topological polar surface area (TPSA) is 47.9 Å². The Balaban J connectivity index is 1.51. The fourth-order valence-electron chi connectivity index (χ4n) is 3.08. The number of aliphatic imine (C=N–C) groups is 1. The highest BCUT2D eigenvalue weighted by Crippen LogP contribution is 2.38. The second kappa shape index (κ2) is 9.77. The lowest BCUT2D eigenvalue weighted by atomic mass is 10.1. The van der Waals surface area contributed by atoms with Crippen molar-refractivity contribution in [3.05, 3.63) is 94.5 Å². The lowest BCUT2D eigenvalue weighted by Gasteiger charge is -2.07. The van der Waals surface area contributed by atoms with E-state index in [2.05, 4.69) is 4.99 Å². The molecule has 0 amide bonds. The van der Waals surface area contributed by atoms with Gasteiger partial charge in [-0.2, -0.15) is 0 Å². The summed E-state index contributed by atoms with van der Waals surface area (Å²) < 4.78 is 12.1. The molecule has 0 saturated carbocycles. The van der Waals surface area contributed by atoms with Gasteiger partial charge in [-0.25, -0.2) is 9.79 Å². The van der Waals surface area contributed by atoms with Gasteiger partial charge in [0.05, 0.1) is 6.61 Å². The van der Waals surface area contributed by atoms with Crippen LogP contribution in [0.5, 0.6) is 5.75 Å². The van der Waals surface area contributed by atoms with E-state index in [0.717, 1.165) is 27.0 Å². The third kappa shape index (κ3) is 4.95. The van der Waals surface area contributed by atoms with E-state index in [1.165, 1.54) is 11.3 Å². The Labute approximate surface area is 189 Å². The molecule has 1 heterocycles. The van der Waals surface area contributed by atoms with Gasteiger partial charge in [0.15, 0.2) is 0 Å². The summed E-state index contributed by atoms with van der Waals surface area (Å²) in [7, 11) is 0. The first kappa shape index (κ1) is 21.1. The molecule has 0 atom stereocenters. The van der Waals surface area contributed by atoms with Gasteiger partial charge in [-0.05, 0) is 48.9 Å². The van der Waals surface area contributed by atoms with Gasteiger partial charge in [0.1, 0.15) is 22.9 Å². The Hall–Kier alpha value is -3.15. The second-order valence-corrected chi connectivity index (χ2v) is 8.14. The van der Waals surface area contributed by atoms with Crippen molar-refractivity contribution in [1.82, 2.24) is 0 Å². The molecule has 31 heavy (non-hydrogen) atoms. The van der Waals surface area contributed by atoms with E-state index >= 15 is 0 Å². The molecule has 1 aromatic heterocycles. The summed E-state index contributed by atoms with van der Waals surface area (Å²) in [6, 6.07) is 23.0. The molecule has 4 rings (SSSR count). The van der Waals surface area contributed by atoms with Crippen molar-refractivity contribution < 1.29 is 14.3 Å². The van der Waals surface area contributed by atoms with Crippen molar-refractivity contribution in [2.24, 2.45) is 4.99 Å². The number of rotatable bonds is 7. The monoisotopic (exact) mass is 449 g/mol. The van der Waals surface area contributed by atoms with E-state index in [4.69, 9.17) is 21.1 Å². The van der Waals surface area contributed by atoms with E-state index in [1.807, 2.05) is 72.8 Å². The number of hydrogen-bond donors (Lipinski definition) is 0. The molecular formula is C25H20ClNO3S. The number of thiophene rings is 1. The first-order valence-corrected chi connectivity index (χ1v) is 11.0. The Bertz CT molecular complexity index is 1230. The van der Waals surface area contributed by atoms with Gasteiger partial charge < -0.3 is 9.47 Å². The highest BCUT2D eigenvalue weighted by atomic mass is 35.5. The van der Waals surface area contributed by atoms with Gasteiger partial charge in [-0.3, -0.25) is 0 Å². The molecule has 0 spiro atoms. The fraction of sp³-hybridized carbons (Fsp3) is 0.120. The molecule has 0 aliphatic carbocycles. The van der Waals surface area contributed by atoms with Crippen molar-refractivity contribution >= 4 is 50.2 Å². The van der Waals surface area contributed by atoms with Crippen LogP contribution >= 0.6 is 22.9 Å². The predicted octanol–water partition coefficient (Wildman–Crippen LogP) is 7.06. The molecule has 4 nitrogen and oxygen atoms in total. The van der Waals surface area contributed by atoms with Gasteiger partial charge >= 0.3 is 5.97 Å². The summed E-state index contributed by atoms with van der Waals surface area (Å²) in [5, 5.41) is 2.19. The Morgan fingerprint density at radius 3 is 2.55 bits per heavy atom. The molecule has 0 unspecified atom stereocenters. The summed E-state index contributed by atoms with van der Waals surface area (Å²) in [4.78, 5) is 17.1. The molecule has 0 saturated heterocycles.